The number of nitrogens with zero attached hydrogens (tertiary/aromatic N) is 1. The van der Waals surface area contributed by atoms with E-state index in [0.717, 1.165) is 45.1 Å². The van der Waals surface area contributed by atoms with Gasteiger partial charge in [-0.15, -0.1) is 0 Å². The second-order valence-corrected chi connectivity index (χ2v) is 9.31. The van der Waals surface area contributed by atoms with E-state index in [4.69, 9.17) is 9.84 Å². The first kappa shape index (κ1) is 22.1. The Kier molecular flexibility index (Phi) is 7.66. The molecule has 0 amide bonds. The van der Waals surface area contributed by atoms with Gasteiger partial charge in [0.1, 0.15) is 0 Å². The van der Waals surface area contributed by atoms with E-state index in [1.54, 1.807) is 6.08 Å². The number of carboxylic acids is 1. The maximum Gasteiger partial charge on any atom is 0.327 e. The van der Waals surface area contributed by atoms with Gasteiger partial charge in [0.25, 0.3) is 0 Å². The van der Waals surface area contributed by atoms with Crippen LogP contribution in [0.2, 0.25) is 0 Å². The second kappa shape index (κ2) is 8.65. The molecule has 0 aromatic rings. The number of ether oxygens (including phenoxy) is 1. The predicted molar refractivity (Wildman–Crippen MR) is 99.8 cm³/mol. The molecule has 1 rings (SSSR count). The molecule has 1 heterocycles. The van der Waals surface area contributed by atoms with Crippen LogP contribution in [-0.4, -0.2) is 45.1 Å². The number of hydroxylamine groups is 2. The van der Waals surface area contributed by atoms with E-state index >= 15 is 0 Å². The minimum absolute atomic E-state index is 0.0821. The van der Waals surface area contributed by atoms with Gasteiger partial charge >= 0.3 is 5.97 Å². The standard InChI is InChI=1S/C20H37NO4/c1-18(2,12-10-17(22)23)11-8-7-9-13-25-16-14-19(3,4)21(24)20(5,6)15-16/h10,12,16,24H,7-9,11,13-15H2,1-6H3,(H,22,23)/b12-10+. The van der Waals surface area contributed by atoms with Gasteiger partial charge < -0.3 is 15.1 Å². The summed E-state index contributed by atoms with van der Waals surface area (Å²) in [5, 5.41) is 20.5. The molecule has 0 radical (unpaired) electrons. The summed E-state index contributed by atoms with van der Waals surface area (Å²) in [6.45, 7) is 13.1. The fraction of sp³-hybridized carbons (Fsp3) is 0.850. The van der Waals surface area contributed by atoms with Crippen molar-refractivity contribution in [2.45, 2.75) is 97.2 Å². The monoisotopic (exact) mass is 355 g/mol. The number of allylic oxidation sites excluding steroid dienone is 1. The average molecular weight is 356 g/mol. The first-order valence-electron chi connectivity index (χ1n) is 9.39. The predicted octanol–water partition coefficient (Wildman–Crippen LogP) is 4.64. The van der Waals surface area contributed by atoms with Crippen LogP contribution >= 0.6 is 0 Å². The average Bonchev–Trinajstić information content (AvgIpc) is 2.46. The number of piperidine rings is 1. The van der Waals surface area contributed by atoms with E-state index in [1.807, 2.05) is 0 Å². The first-order valence-corrected chi connectivity index (χ1v) is 9.39. The molecule has 0 saturated carbocycles. The van der Waals surface area contributed by atoms with Crippen LogP contribution in [0.4, 0.5) is 0 Å². The van der Waals surface area contributed by atoms with Gasteiger partial charge in [-0.05, 0) is 58.8 Å². The van der Waals surface area contributed by atoms with Gasteiger partial charge in [-0.2, -0.15) is 5.06 Å². The highest BCUT2D eigenvalue weighted by atomic mass is 16.5. The van der Waals surface area contributed by atoms with E-state index in [2.05, 4.69) is 41.5 Å². The third kappa shape index (κ3) is 7.47. The lowest BCUT2D eigenvalue weighted by Crippen LogP contribution is -2.60. The van der Waals surface area contributed by atoms with Crippen LogP contribution in [0.3, 0.4) is 0 Å². The fourth-order valence-corrected chi connectivity index (χ4v) is 3.79. The lowest BCUT2D eigenvalue weighted by atomic mass is 9.80. The lowest BCUT2D eigenvalue weighted by Gasteiger charge is -2.51. The molecule has 0 spiro atoms. The molecule has 0 aromatic carbocycles. The zero-order chi connectivity index (χ0) is 19.3. The third-order valence-corrected chi connectivity index (χ3v) is 5.10. The van der Waals surface area contributed by atoms with Crippen molar-refractivity contribution in [2.24, 2.45) is 5.41 Å². The molecule has 1 saturated heterocycles. The summed E-state index contributed by atoms with van der Waals surface area (Å²) in [7, 11) is 0. The van der Waals surface area contributed by atoms with Crippen molar-refractivity contribution in [3.63, 3.8) is 0 Å². The van der Waals surface area contributed by atoms with Crippen molar-refractivity contribution in [1.29, 1.82) is 0 Å². The zero-order valence-electron chi connectivity index (χ0n) is 16.8. The molecule has 1 fully saturated rings. The summed E-state index contributed by atoms with van der Waals surface area (Å²) in [6, 6.07) is 0. The molecule has 0 atom stereocenters. The van der Waals surface area contributed by atoms with E-state index < -0.39 is 5.97 Å². The van der Waals surface area contributed by atoms with Crippen molar-refractivity contribution in [2.75, 3.05) is 6.61 Å². The number of carbonyl (C=O) groups is 1. The molecular formula is C20H37NO4. The van der Waals surface area contributed by atoms with Crippen LogP contribution in [0.5, 0.6) is 0 Å². The number of unbranched alkanes of at least 4 members (excludes halogenated alkanes) is 2. The Morgan fingerprint density at radius 1 is 1.16 bits per heavy atom. The summed E-state index contributed by atoms with van der Waals surface area (Å²) in [4.78, 5) is 10.6. The number of hydrogen-bond donors (Lipinski definition) is 2. The molecule has 2 N–H and O–H groups in total. The smallest absolute Gasteiger partial charge is 0.327 e. The Morgan fingerprint density at radius 3 is 2.24 bits per heavy atom. The fourth-order valence-electron chi connectivity index (χ4n) is 3.79. The quantitative estimate of drug-likeness (QED) is 0.466. The lowest BCUT2D eigenvalue weighted by molar-refractivity contribution is -0.261. The molecule has 1 aliphatic heterocycles. The largest absolute Gasteiger partial charge is 0.478 e. The van der Waals surface area contributed by atoms with E-state index in [9.17, 15) is 10.0 Å². The number of aliphatic carboxylic acids is 1. The molecule has 5 heteroatoms. The van der Waals surface area contributed by atoms with Crippen molar-refractivity contribution in [3.05, 3.63) is 12.2 Å². The van der Waals surface area contributed by atoms with E-state index in [-0.39, 0.29) is 22.6 Å². The SMILES string of the molecule is CC(C)(/C=C/C(=O)O)CCCCCOC1CC(C)(C)N(O)C(C)(C)C1. The van der Waals surface area contributed by atoms with Gasteiger partial charge in [-0.1, -0.05) is 32.8 Å². The highest BCUT2D eigenvalue weighted by Gasteiger charge is 2.45. The summed E-state index contributed by atoms with van der Waals surface area (Å²) in [5.41, 5.74) is -0.624. The van der Waals surface area contributed by atoms with Gasteiger partial charge in [0.05, 0.1) is 6.10 Å². The maximum absolute atomic E-state index is 10.6. The van der Waals surface area contributed by atoms with Crippen molar-refractivity contribution >= 4 is 5.97 Å². The molecule has 0 unspecified atom stereocenters. The number of carboxylic acid groups (broad SMARTS) is 1. The van der Waals surface area contributed by atoms with Crippen LogP contribution in [0.1, 0.15) is 80.1 Å². The van der Waals surface area contributed by atoms with Crippen molar-refractivity contribution in [1.82, 2.24) is 5.06 Å². The van der Waals surface area contributed by atoms with Crippen molar-refractivity contribution < 1.29 is 19.8 Å². The van der Waals surface area contributed by atoms with Crippen LogP contribution in [0.25, 0.3) is 0 Å². The Labute approximate surface area is 153 Å². The highest BCUT2D eigenvalue weighted by Crippen LogP contribution is 2.38. The summed E-state index contributed by atoms with van der Waals surface area (Å²) >= 11 is 0. The van der Waals surface area contributed by atoms with E-state index in [0.29, 0.717) is 0 Å². The topological polar surface area (TPSA) is 70.0 Å². The molecular weight excluding hydrogens is 318 g/mol. The Morgan fingerprint density at radius 2 is 1.72 bits per heavy atom. The maximum atomic E-state index is 10.6. The summed E-state index contributed by atoms with van der Waals surface area (Å²) in [5.74, 6) is -0.888. The first-order chi connectivity index (χ1) is 11.4. The summed E-state index contributed by atoms with van der Waals surface area (Å²) < 4.78 is 6.08. The minimum Gasteiger partial charge on any atom is -0.478 e. The Hall–Kier alpha value is -0.910. The molecule has 1 aliphatic rings. The normalized spacial score (nSPS) is 21.7. The molecule has 25 heavy (non-hydrogen) atoms. The van der Waals surface area contributed by atoms with Gasteiger partial charge in [0.15, 0.2) is 0 Å². The van der Waals surface area contributed by atoms with Gasteiger partial charge in [-0.3, -0.25) is 0 Å². The summed E-state index contributed by atoms with van der Waals surface area (Å²) in [6.07, 6.45) is 8.99. The third-order valence-electron chi connectivity index (χ3n) is 5.10. The van der Waals surface area contributed by atoms with Crippen LogP contribution < -0.4 is 0 Å². The second-order valence-electron chi connectivity index (χ2n) is 9.31. The molecule has 0 aliphatic carbocycles. The molecule has 5 nitrogen and oxygen atoms in total. The Bertz CT molecular complexity index is 450. The van der Waals surface area contributed by atoms with Crippen LogP contribution in [-0.2, 0) is 9.53 Å². The van der Waals surface area contributed by atoms with E-state index in [1.165, 1.54) is 11.1 Å². The molecule has 0 bridgehead atoms. The number of rotatable bonds is 9. The zero-order valence-corrected chi connectivity index (χ0v) is 16.8. The molecule has 146 valence electrons. The minimum atomic E-state index is -0.888. The highest BCUT2D eigenvalue weighted by molar-refractivity contribution is 5.79. The van der Waals surface area contributed by atoms with Gasteiger partial charge in [0, 0.05) is 23.8 Å². The van der Waals surface area contributed by atoms with Crippen LogP contribution in [0, 0.1) is 5.41 Å². The van der Waals surface area contributed by atoms with Crippen LogP contribution in [0.15, 0.2) is 12.2 Å². The van der Waals surface area contributed by atoms with Gasteiger partial charge in [0.2, 0.25) is 0 Å². The Balaban J connectivity index is 2.27. The van der Waals surface area contributed by atoms with Crippen molar-refractivity contribution in [3.8, 4) is 0 Å². The number of hydrogen-bond acceptors (Lipinski definition) is 4. The van der Waals surface area contributed by atoms with Gasteiger partial charge in [-0.25, -0.2) is 4.79 Å². The molecule has 0 aromatic heterocycles.